The van der Waals surface area contributed by atoms with Crippen molar-refractivity contribution in [1.82, 2.24) is 20.2 Å². The van der Waals surface area contributed by atoms with Crippen LogP contribution in [-0.4, -0.2) is 31.8 Å². The Kier molecular flexibility index (Phi) is 2.17. The highest BCUT2D eigenvalue weighted by molar-refractivity contribution is 7.99. The molecule has 0 atom stereocenters. The van der Waals surface area contributed by atoms with Gasteiger partial charge in [-0.2, -0.15) is 0 Å². The van der Waals surface area contributed by atoms with E-state index in [1.54, 1.807) is 0 Å². The maximum Gasteiger partial charge on any atom is 0.210 e. The second-order valence-electron chi connectivity index (χ2n) is 2.95. The number of amidine groups is 1. The zero-order valence-electron chi connectivity index (χ0n) is 6.97. The summed E-state index contributed by atoms with van der Waals surface area (Å²) in [6, 6.07) is 0.476. The maximum absolute atomic E-state index is 7.07. The Hall–Kier alpha value is -1.11. The molecule has 1 aliphatic rings. The predicted octanol–water partition coefficient (Wildman–Crippen LogP) is 0.0361. The molecule has 0 radical (unpaired) electrons. The molecule has 7 heteroatoms. The second-order valence-corrected chi connectivity index (χ2v) is 3.89. The summed E-state index contributed by atoms with van der Waals surface area (Å²) in [5.74, 6) is 0.600. The molecule has 1 aromatic heterocycles. The van der Waals surface area contributed by atoms with E-state index in [4.69, 9.17) is 11.1 Å². The fourth-order valence-corrected chi connectivity index (χ4v) is 1.67. The Morgan fingerprint density at radius 2 is 2.46 bits per heavy atom. The van der Waals surface area contributed by atoms with Crippen LogP contribution in [0.15, 0.2) is 5.16 Å². The number of hydrogen-bond donors (Lipinski definition) is 2. The number of tetrazole rings is 1. The summed E-state index contributed by atoms with van der Waals surface area (Å²) < 4.78 is 1.81. The van der Waals surface area contributed by atoms with Crippen LogP contribution >= 0.6 is 11.8 Å². The van der Waals surface area contributed by atoms with Crippen LogP contribution in [0.3, 0.4) is 0 Å². The minimum absolute atomic E-state index is 0.148. The average Bonchev–Trinajstić information content (AvgIpc) is 2.82. The monoisotopic (exact) mass is 198 g/mol. The molecule has 0 aliphatic heterocycles. The van der Waals surface area contributed by atoms with Gasteiger partial charge in [0.25, 0.3) is 0 Å². The summed E-state index contributed by atoms with van der Waals surface area (Å²) in [6.07, 6.45) is 2.30. The predicted molar refractivity (Wildman–Crippen MR) is 48.7 cm³/mol. The van der Waals surface area contributed by atoms with Crippen LogP contribution in [0.2, 0.25) is 0 Å². The molecule has 1 fully saturated rings. The molecular weight excluding hydrogens is 188 g/mol. The SMILES string of the molecule is N=C(N)CSc1nnnn1C1CC1. The number of nitrogens with two attached hydrogens (primary N) is 1. The number of thioether (sulfide) groups is 1. The fourth-order valence-electron chi connectivity index (χ4n) is 0.971. The van der Waals surface area contributed by atoms with Crippen LogP contribution in [0, 0.1) is 5.41 Å². The topological polar surface area (TPSA) is 93.5 Å². The average molecular weight is 198 g/mol. The third-order valence-electron chi connectivity index (χ3n) is 1.71. The minimum Gasteiger partial charge on any atom is -0.387 e. The summed E-state index contributed by atoms with van der Waals surface area (Å²) in [5, 5.41) is 19.2. The molecule has 0 bridgehead atoms. The van der Waals surface area contributed by atoms with Crippen molar-refractivity contribution in [2.45, 2.75) is 24.0 Å². The lowest BCUT2D eigenvalue weighted by Gasteiger charge is -1.99. The number of nitrogens with zero attached hydrogens (tertiary/aromatic N) is 4. The van der Waals surface area contributed by atoms with Gasteiger partial charge in [0.2, 0.25) is 5.16 Å². The molecule has 0 aromatic carbocycles. The molecule has 3 N–H and O–H groups in total. The Labute approximate surface area is 79.4 Å². The van der Waals surface area contributed by atoms with Gasteiger partial charge in [0.05, 0.1) is 11.8 Å². The summed E-state index contributed by atoms with van der Waals surface area (Å²) in [5.41, 5.74) is 5.24. The normalized spacial score (nSPS) is 16.0. The summed E-state index contributed by atoms with van der Waals surface area (Å²) in [6.45, 7) is 0. The van der Waals surface area contributed by atoms with E-state index in [0.29, 0.717) is 11.8 Å². The molecule has 0 saturated heterocycles. The smallest absolute Gasteiger partial charge is 0.210 e. The molecule has 6 nitrogen and oxygen atoms in total. The van der Waals surface area contributed by atoms with Gasteiger partial charge >= 0.3 is 0 Å². The fraction of sp³-hybridized carbons (Fsp3) is 0.667. The number of hydrogen-bond acceptors (Lipinski definition) is 5. The Morgan fingerprint density at radius 1 is 1.69 bits per heavy atom. The first kappa shape index (κ1) is 8.49. The van der Waals surface area contributed by atoms with Gasteiger partial charge in [-0.3, -0.25) is 5.41 Å². The van der Waals surface area contributed by atoms with Crippen LogP contribution < -0.4 is 5.73 Å². The lowest BCUT2D eigenvalue weighted by atomic mass is 10.7. The molecule has 0 amide bonds. The third kappa shape index (κ3) is 1.97. The van der Waals surface area contributed by atoms with Crippen LogP contribution in [0.5, 0.6) is 0 Å². The maximum atomic E-state index is 7.07. The largest absolute Gasteiger partial charge is 0.387 e. The highest BCUT2D eigenvalue weighted by Gasteiger charge is 2.27. The number of rotatable bonds is 4. The van der Waals surface area contributed by atoms with Gasteiger partial charge in [-0.25, -0.2) is 4.68 Å². The molecule has 13 heavy (non-hydrogen) atoms. The van der Waals surface area contributed by atoms with Gasteiger partial charge in [-0.1, -0.05) is 11.8 Å². The van der Waals surface area contributed by atoms with Crippen molar-refractivity contribution in [1.29, 1.82) is 5.41 Å². The molecule has 1 aromatic rings. The van der Waals surface area contributed by atoms with Crippen molar-refractivity contribution in [3.63, 3.8) is 0 Å². The van der Waals surface area contributed by atoms with Crippen molar-refractivity contribution >= 4 is 17.6 Å². The third-order valence-corrected chi connectivity index (χ3v) is 2.69. The molecular formula is C6H10N6S. The Balaban J connectivity index is 2.02. The highest BCUT2D eigenvalue weighted by atomic mass is 32.2. The summed E-state index contributed by atoms with van der Waals surface area (Å²) in [7, 11) is 0. The van der Waals surface area contributed by atoms with Gasteiger partial charge in [-0.15, -0.1) is 5.10 Å². The molecule has 2 rings (SSSR count). The first-order valence-corrected chi connectivity index (χ1v) is 4.99. The quantitative estimate of drug-likeness (QED) is 0.404. The first-order valence-electron chi connectivity index (χ1n) is 4.01. The van der Waals surface area contributed by atoms with Gasteiger partial charge in [0, 0.05) is 0 Å². The lowest BCUT2D eigenvalue weighted by Crippen LogP contribution is -2.12. The molecule has 0 unspecified atom stereocenters. The zero-order chi connectivity index (χ0) is 9.26. The van der Waals surface area contributed by atoms with Crippen LogP contribution in [0.1, 0.15) is 18.9 Å². The molecule has 1 heterocycles. The first-order chi connectivity index (χ1) is 6.27. The van der Waals surface area contributed by atoms with Crippen molar-refractivity contribution in [3.8, 4) is 0 Å². The standard InChI is InChI=1S/C6H10N6S/c7-5(8)3-13-6-9-10-11-12(6)4-1-2-4/h4H,1-3H2,(H3,7,8). The van der Waals surface area contributed by atoms with E-state index >= 15 is 0 Å². The highest BCUT2D eigenvalue weighted by Crippen LogP contribution is 2.36. The van der Waals surface area contributed by atoms with Crippen LogP contribution in [-0.2, 0) is 0 Å². The molecule has 70 valence electrons. The minimum atomic E-state index is 0.148. The summed E-state index contributed by atoms with van der Waals surface area (Å²) >= 11 is 1.41. The number of aromatic nitrogens is 4. The van der Waals surface area contributed by atoms with E-state index in [0.717, 1.165) is 18.0 Å². The molecule has 0 spiro atoms. The van der Waals surface area contributed by atoms with Gasteiger partial charge in [0.1, 0.15) is 5.84 Å². The van der Waals surface area contributed by atoms with E-state index in [2.05, 4.69) is 15.5 Å². The van der Waals surface area contributed by atoms with Crippen molar-refractivity contribution in [2.24, 2.45) is 5.73 Å². The van der Waals surface area contributed by atoms with Crippen molar-refractivity contribution in [3.05, 3.63) is 0 Å². The number of nitrogens with one attached hydrogen (secondary N) is 1. The van der Waals surface area contributed by atoms with Gasteiger partial charge in [-0.05, 0) is 23.3 Å². The van der Waals surface area contributed by atoms with E-state index in [1.165, 1.54) is 11.8 Å². The van der Waals surface area contributed by atoms with Gasteiger partial charge < -0.3 is 5.73 Å². The van der Waals surface area contributed by atoms with Crippen molar-refractivity contribution in [2.75, 3.05) is 5.75 Å². The van der Waals surface area contributed by atoms with E-state index in [-0.39, 0.29) is 5.84 Å². The Morgan fingerprint density at radius 3 is 3.08 bits per heavy atom. The lowest BCUT2D eigenvalue weighted by molar-refractivity contribution is 0.565. The molecule has 1 saturated carbocycles. The van der Waals surface area contributed by atoms with E-state index in [9.17, 15) is 0 Å². The van der Waals surface area contributed by atoms with Crippen LogP contribution in [0.4, 0.5) is 0 Å². The second kappa shape index (κ2) is 3.33. The van der Waals surface area contributed by atoms with E-state index in [1.807, 2.05) is 4.68 Å². The zero-order valence-corrected chi connectivity index (χ0v) is 7.79. The van der Waals surface area contributed by atoms with Crippen molar-refractivity contribution < 1.29 is 0 Å². The van der Waals surface area contributed by atoms with Crippen LogP contribution in [0.25, 0.3) is 0 Å². The summed E-state index contributed by atoms with van der Waals surface area (Å²) in [4.78, 5) is 0. The van der Waals surface area contributed by atoms with Gasteiger partial charge in [0.15, 0.2) is 0 Å². The Bertz CT molecular complexity index is 317. The van der Waals surface area contributed by atoms with E-state index < -0.39 is 0 Å². The molecule has 1 aliphatic carbocycles.